The van der Waals surface area contributed by atoms with Crippen molar-refractivity contribution in [3.63, 3.8) is 0 Å². The van der Waals surface area contributed by atoms with E-state index in [-0.39, 0.29) is 97.4 Å². The summed E-state index contributed by atoms with van der Waals surface area (Å²) >= 11 is 0. The second kappa shape index (κ2) is 98.3. The van der Waals surface area contributed by atoms with Crippen LogP contribution in [0.3, 0.4) is 0 Å². The van der Waals surface area contributed by atoms with Crippen molar-refractivity contribution >= 4 is 45.5 Å². The van der Waals surface area contributed by atoms with E-state index in [0.717, 1.165) is 0 Å². The standard InChI is InChI=1S/5H2O.Sr.Ti.2H/h5*1H2;;;;/q;;;;;+2;;2*-1. The fraction of sp³-hybridized carbons (Fsp3) is 0. The summed E-state index contributed by atoms with van der Waals surface area (Å²) in [5.74, 6) is 0. The molecule has 0 amide bonds. The van der Waals surface area contributed by atoms with Crippen molar-refractivity contribution in [2.45, 2.75) is 0 Å². The summed E-state index contributed by atoms with van der Waals surface area (Å²) in [6, 6.07) is 0. The maximum absolute atomic E-state index is 0. The maximum Gasteiger partial charge on any atom is 2.00 e. The third-order valence-corrected chi connectivity index (χ3v) is 0. The summed E-state index contributed by atoms with van der Waals surface area (Å²) < 4.78 is 0. The Morgan fingerprint density at radius 2 is 0.571 bits per heavy atom. The van der Waals surface area contributed by atoms with E-state index in [0.29, 0.717) is 0 Å². The van der Waals surface area contributed by atoms with Crippen LogP contribution in [0, 0.1) is 0 Å². The van der Waals surface area contributed by atoms with Crippen LogP contribution >= 0.6 is 0 Å². The summed E-state index contributed by atoms with van der Waals surface area (Å²) in [7, 11) is 0. The van der Waals surface area contributed by atoms with Crippen molar-refractivity contribution in [3.05, 3.63) is 0 Å². The van der Waals surface area contributed by atoms with Crippen LogP contribution in [0.2, 0.25) is 0 Å². The minimum absolute atomic E-state index is 0. The van der Waals surface area contributed by atoms with E-state index in [4.69, 9.17) is 0 Å². The molecule has 0 unspecified atom stereocenters. The van der Waals surface area contributed by atoms with E-state index in [1.807, 2.05) is 0 Å². The van der Waals surface area contributed by atoms with Crippen LogP contribution in [-0.4, -0.2) is 72.9 Å². The summed E-state index contributed by atoms with van der Waals surface area (Å²) in [6.07, 6.45) is 0. The molecule has 0 rings (SSSR count). The zero-order valence-electron chi connectivity index (χ0n) is 5.71. The predicted octanol–water partition coefficient (Wildman–Crippen LogP) is -4.28. The van der Waals surface area contributed by atoms with Gasteiger partial charge in [-0.15, -0.1) is 0 Å². The molecule has 0 aromatic heterocycles. The first-order valence-corrected chi connectivity index (χ1v) is 0. The maximum atomic E-state index is 0. The Morgan fingerprint density at radius 3 is 0.571 bits per heavy atom. The van der Waals surface area contributed by atoms with Crippen molar-refractivity contribution in [1.29, 1.82) is 0 Å². The minimum Gasteiger partial charge on any atom is -1.00 e. The van der Waals surface area contributed by atoms with Gasteiger partial charge in [0.25, 0.3) is 0 Å². The molecule has 0 aliphatic carbocycles. The van der Waals surface area contributed by atoms with E-state index in [2.05, 4.69) is 0 Å². The van der Waals surface area contributed by atoms with Gasteiger partial charge in [-0.3, -0.25) is 0 Å². The first kappa shape index (κ1) is 144. The quantitative estimate of drug-likeness (QED) is 0.367. The van der Waals surface area contributed by atoms with Crippen LogP contribution in [0.25, 0.3) is 0 Å². The number of hydrogen-bond acceptors (Lipinski definition) is 0. The topological polar surface area (TPSA) is 158 Å². The molecule has 0 aromatic rings. The fourth-order valence-corrected chi connectivity index (χ4v) is 0. The molecule has 0 fully saturated rings. The molecule has 0 saturated carbocycles. The smallest absolute Gasteiger partial charge is 1.00 e. The van der Waals surface area contributed by atoms with Gasteiger partial charge >= 0.3 is 45.5 Å². The first-order chi connectivity index (χ1) is 0. The molecule has 48 valence electrons. The molecule has 0 bridgehead atoms. The fourth-order valence-electron chi connectivity index (χ4n) is 0. The van der Waals surface area contributed by atoms with Crippen molar-refractivity contribution in [2.75, 3.05) is 0 Å². The monoisotopic (exact) mass is 228 g/mol. The zero-order valence-corrected chi connectivity index (χ0v) is 8.74. The first-order valence-electron chi connectivity index (χ1n) is 0. The third kappa shape index (κ3) is 72.2. The Kier molecular flexibility index (Phi) is 2030. The van der Waals surface area contributed by atoms with E-state index >= 15 is 0 Å². The summed E-state index contributed by atoms with van der Waals surface area (Å²) in [5.41, 5.74) is 0. The van der Waals surface area contributed by atoms with Crippen LogP contribution in [0.5, 0.6) is 0 Å². The van der Waals surface area contributed by atoms with Crippen molar-refractivity contribution in [3.8, 4) is 0 Å². The van der Waals surface area contributed by atoms with Gasteiger partial charge in [-0.25, -0.2) is 0 Å². The molecule has 0 aliphatic heterocycles. The van der Waals surface area contributed by atoms with Crippen LogP contribution in [-0.2, 0) is 21.7 Å². The van der Waals surface area contributed by atoms with Crippen LogP contribution in [0.1, 0.15) is 2.85 Å². The largest absolute Gasteiger partial charge is 2.00 e. The van der Waals surface area contributed by atoms with Crippen molar-refractivity contribution in [2.24, 2.45) is 0 Å². The number of hydrogen-bond donors (Lipinski definition) is 0. The Bertz CT molecular complexity index is 14.9. The molecule has 0 spiro atoms. The Morgan fingerprint density at radius 1 is 0.571 bits per heavy atom. The second-order valence-electron chi connectivity index (χ2n) is 0. The third-order valence-electron chi connectivity index (χ3n) is 0. The van der Waals surface area contributed by atoms with Gasteiger partial charge in [-0.1, -0.05) is 0 Å². The van der Waals surface area contributed by atoms with Gasteiger partial charge < -0.3 is 30.2 Å². The average Bonchev–Trinajstić information content (AvgIpc) is 0. The molecule has 7 heavy (non-hydrogen) atoms. The van der Waals surface area contributed by atoms with Crippen molar-refractivity contribution in [1.82, 2.24) is 0 Å². The molecule has 0 atom stereocenters. The molecule has 10 N–H and O–H groups in total. The van der Waals surface area contributed by atoms with Gasteiger partial charge in [0.05, 0.1) is 0 Å². The van der Waals surface area contributed by atoms with Crippen molar-refractivity contribution < 1.29 is 52.0 Å². The minimum atomic E-state index is 0. The second-order valence-corrected chi connectivity index (χ2v) is 0. The molecule has 5 nitrogen and oxygen atoms in total. The zero-order chi connectivity index (χ0) is 0. The summed E-state index contributed by atoms with van der Waals surface area (Å²) in [5, 5.41) is 0. The molecule has 0 saturated heterocycles. The van der Waals surface area contributed by atoms with Gasteiger partial charge in [-0.05, 0) is 0 Å². The van der Waals surface area contributed by atoms with E-state index in [1.54, 1.807) is 0 Å². The van der Waals surface area contributed by atoms with Crippen LogP contribution in [0.15, 0.2) is 0 Å². The van der Waals surface area contributed by atoms with Gasteiger partial charge in [-0.2, -0.15) is 0 Å². The van der Waals surface area contributed by atoms with E-state index < -0.39 is 0 Å². The Labute approximate surface area is 96.1 Å². The van der Waals surface area contributed by atoms with Gasteiger partial charge in [0, 0.05) is 21.7 Å². The molecule has 0 radical (unpaired) electrons. The summed E-state index contributed by atoms with van der Waals surface area (Å²) in [6.45, 7) is 0. The van der Waals surface area contributed by atoms with Gasteiger partial charge in [0.1, 0.15) is 0 Å². The molecular formula is H12O5SrTi. The molecular weight excluding hydrogens is 215 g/mol. The van der Waals surface area contributed by atoms with Crippen LogP contribution < -0.4 is 0 Å². The van der Waals surface area contributed by atoms with Gasteiger partial charge in [0.15, 0.2) is 0 Å². The van der Waals surface area contributed by atoms with E-state index in [9.17, 15) is 0 Å². The summed E-state index contributed by atoms with van der Waals surface area (Å²) in [4.78, 5) is 0. The van der Waals surface area contributed by atoms with Gasteiger partial charge in [0.2, 0.25) is 0 Å². The molecule has 0 aliphatic rings. The van der Waals surface area contributed by atoms with E-state index in [1.165, 1.54) is 0 Å². The predicted molar refractivity (Wildman–Crippen MR) is 26.0 cm³/mol. The molecule has 0 aromatic carbocycles. The number of rotatable bonds is 0. The SMILES string of the molecule is O.O.O.O.O.[H-].[H-].[Sr+2].[Ti]. The molecule has 7 heteroatoms. The normalized spacial score (nSPS) is 0. The average molecular weight is 228 g/mol. The Hall–Kier alpha value is 1.99. The van der Waals surface area contributed by atoms with Crippen LogP contribution in [0.4, 0.5) is 0 Å². The molecule has 0 heterocycles. The Balaban J connectivity index is 0.